The fraction of sp³-hybridized carbons (Fsp3) is 0.130. The molecule has 0 atom stereocenters. The normalized spacial score (nSPS) is 10.6. The molecule has 0 unspecified atom stereocenters. The molecule has 3 N–H and O–H groups in total. The summed E-state index contributed by atoms with van der Waals surface area (Å²) < 4.78 is 20.7. The minimum absolute atomic E-state index is 0.118. The molecule has 0 fully saturated rings. The zero-order valence-corrected chi connectivity index (χ0v) is 16.7. The summed E-state index contributed by atoms with van der Waals surface area (Å²) in [4.78, 5) is 22.2. The molecule has 7 heteroatoms. The third-order valence-corrected chi connectivity index (χ3v) is 4.64. The highest BCUT2D eigenvalue weighted by Crippen LogP contribution is 2.30. The highest BCUT2D eigenvalue weighted by molar-refractivity contribution is 6.31. The number of carbonyl (C=O) groups is 2. The average Bonchev–Trinajstić information content (AvgIpc) is 2.68. The Morgan fingerprint density at radius 1 is 1.00 bits per heavy atom. The van der Waals surface area contributed by atoms with Crippen LogP contribution in [0.4, 0.5) is 4.39 Å². The van der Waals surface area contributed by atoms with E-state index in [1.54, 1.807) is 54.6 Å². The minimum atomic E-state index is -0.956. The molecule has 1 amide bonds. The number of rotatable bonds is 8. The highest BCUT2D eigenvalue weighted by atomic mass is 35.5. The predicted octanol–water partition coefficient (Wildman–Crippen LogP) is 4.38. The van der Waals surface area contributed by atoms with Gasteiger partial charge in [-0.15, -0.1) is 0 Å². The van der Waals surface area contributed by atoms with Gasteiger partial charge in [-0.3, -0.25) is 9.59 Å². The van der Waals surface area contributed by atoms with E-state index in [-0.39, 0.29) is 25.0 Å². The lowest BCUT2D eigenvalue weighted by atomic mass is 9.99. The van der Waals surface area contributed by atoms with Gasteiger partial charge in [0.05, 0.1) is 12.8 Å². The molecule has 0 saturated carbocycles. The standard InChI is InChI=1S/C23H19ClFNO4/c24-18-9-14(13-30-20-7-2-1-4-15(20)12-22(28)29)8-17(10-18)19-6-3-5-16(23(19)25)11-21(26)27/h1-10H,11-13H2,(H2,26,27)(H,28,29). The van der Waals surface area contributed by atoms with Crippen LogP contribution < -0.4 is 10.5 Å². The maximum atomic E-state index is 14.9. The van der Waals surface area contributed by atoms with E-state index in [2.05, 4.69) is 0 Å². The SMILES string of the molecule is NC(=O)Cc1cccc(-c2cc(Cl)cc(COc3ccccc3CC(=O)O)c2)c1F. The third-order valence-electron chi connectivity index (χ3n) is 4.42. The van der Waals surface area contributed by atoms with E-state index in [1.165, 1.54) is 6.07 Å². The van der Waals surface area contributed by atoms with Gasteiger partial charge in [0.2, 0.25) is 5.91 Å². The van der Waals surface area contributed by atoms with E-state index in [1.807, 2.05) is 0 Å². The topological polar surface area (TPSA) is 89.6 Å². The van der Waals surface area contributed by atoms with Gasteiger partial charge in [0.15, 0.2) is 0 Å². The number of carboxylic acid groups (broad SMARTS) is 1. The van der Waals surface area contributed by atoms with Crippen LogP contribution in [0.25, 0.3) is 11.1 Å². The first-order valence-electron chi connectivity index (χ1n) is 9.11. The van der Waals surface area contributed by atoms with Gasteiger partial charge < -0.3 is 15.6 Å². The average molecular weight is 428 g/mol. The number of carboxylic acids is 1. The lowest BCUT2D eigenvalue weighted by molar-refractivity contribution is -0.136. The Hall–Kier alpha value is -3.38. The lowest BCUT2D eigenvalue weighted by Gasteiger charge is -2.13. The zero-order chi connectivity index (χ0) is 21.7. The molecule has 154 valence electrons. The zero-order valence-electron chi connectivity index (χ0n) is 15.9. The minimum Gasteiger partial charge on any atom is -0.489 e. The number of hydrogen-bond acceptors (Lipinski definition) is 3. The first kappa shape index (κ1) is 21.3. The summed E-state index contributed by atoms with van der Waals surface area (Å²) in [6.07, 6.45) is -0.356. The number of benzene rings is 3. The van der Waals surface area contributed by atoms with Crippen LogP contribution in [0.2, 0.25) is 5.02 Å². The van der Waals surface area contributed by atoms with Crippen LogP contribution in [-0.2, 0) is 29.0 Å². The van der Waals surface area contributed by atoms with Crippen LogP contribution in [0.1, 0.15) is 16.7 Å². The molecule has 0 bridgehead atoms. The molecular formula is C23H19ClFNO4. The fourth-order valence-electron chi connectivity index (χ4n) is 3.13. The smallest absolute Gasteiger partial charge is 0.307 e. The van der Waals surface area contributed by atoms with Crippen LogP contribution in [0.5, 0.6) is 5.75 Å². The van der Waals surface area contributed by atoms with Crippen LogP contribution in [0.3, 0.4) is 0 Å². The molecule has 0 aromatic heterocycles. The summed E-state index contributed by atoms with van der Waals surface area (Å²) in [7, 11) is 0. The summed E-state index contributed by atoms with van der Waals surface area (Å²) >= 11 is 6.23. The van der Waals surface area contributed by atoms with Gasteiger partial charge >= 0.3 is 5.97 Å². The molecule has 3 rings (SSSR count). The van der Waals surface area contributed by atoms with Crippen molar-refractivity contribution in [3.8, 4) is 16.9 Å². The van der Waals surface area contributed by atoms with Crippen molar-refractivity contribution >= 4 is 23.5 Å². The number of amides is 1. The molecule has 30 heavy (non-hydrogen) atoms. The number of aliphatic carboxylic acids is 1. The summed E-state index contributed by atoms with van der Waals surface area (Å²) in [5.74, 6) is -1.65. The van der Waals surface area contributed by atoms with E-state index in [0.717, 1.165) is 0 Å². The highest BCUT2D eigenvalue weighted by Gasteiger charge is 2.14. The molecule has 5 nitrogen and oxygen atoms in total. The van der Waals surface area contributed by atoms with Crippen LogP contribution in [0, 0.1) is 5.82 Å². The van der Waals surface area contributed by atoms with Crippen LogP contribution in [0.15, 0.2) is 60.7 Å². The Bertz CT molecular complexity index is 1100. The Morgan fingerprint density at radius 2 is 1.73 bits per heavy atom. The summed E-state index contributed by atoms with van der Waals surface area (Å²) in [5, 5.41) is 9.43. The second-order valence-electron chi connectivity index (χ2n) is 6.74. The number of halogens is 2. The van der Waals surface area contributed by atoms with Gasteiger partial charge in [-0.05, 0) is 41.0 Å². The van der Waals surface area contributed by atoms with Gasteiger partial charge in [0.25, 0.3) is 0 Å². The number of carbonyl (C=O) groups excluding carboxylic acids is 1. The first-order chi connectivity index (χ1) is 14.3. The molecule has 0 heterocycles. The number of hydrogen-bond donors (Lipinski definition) is 2. The van der Waals surface area contributed by atoms with Crippen molar-refractivity contribution in [2.24, 2.45) is 5.73 Å². The largest absolute Gasteiger partial charge is 0.489 e. The van der Waals surface area contributed by atoms with E-state index in [0.29, 0.717) is 33.0 Å². The molecule has 0 aliphatic carbocycles. The van der Waals surface area contributed by atoms with Crippen molar-refractivity contribution in [2.75, 3.05) is 0 Å². The third kappa shape index (κ3) is 5.36. The van der Waals surface area contributed by atoms with E-state index in [4.69, 9.17) is 27.2 Å². The second-order valence-corrected chi connectivity index (χ2v) is 7.17. The maximum Gasteiger partial charge on any atom is 0.307 e. The maximum absolute atomic E-state index is 14.9. The van der Waals surface area contributed by atoms with Crippen molar-refractivity contribution in [2.45, 2.75) is 19.4 Å². The fourth-order valence-corrected chi connectivity index (χ4v) is 3.39. The van der Waals surface area contributed by atoms with Crippen molar-refractivity contribution in [3.63, 3.8) is 0 Å². The lowest BCUT2D eigenvalue weighted by Crippen LogP contribution is -2.14. The monoisotopic (exact) mass is 427 g/mol. The predicted molar refractivity (Wildman–Crippen MR) is 112 cm³/mol. The molecule has 0 radical (unpaired) electrons. The molecular weight excluding hydrogens is 409 g/mol. The Balaban J connectivity index is 1.87. The number of nitrogens with two attached hydrogens (primary N) is 1. The van der Waals surface area contributed by atoms with Gasteiger partial charge in [-0.2, -0.15) is 0 Å². The molecule has 0 aliphatic rings. The molecule has 0 saturated heterocycles. The van der Waals surface area contributed by atoms with E-state index >= 15 is 0 Å². The Kier molecular flexibility index (Phi) is 6.69. The van der Waals surface area contributed by atoms with Crippen molar-refractivity contribution < 1.29 is 23.8 Å². The number of para-hydroxylation sites is 1. The summed E-state index contributed by atoms with van der Waals surface area (Å²) in [6.45, 7) is 0.118. The quantitative estimate of drug-likeness (QED) is 0.558. The van der Waals surface area contributed by atoms with Gasteiger partial charge in [0, 0.05) is 16.1 Å². The van der Waals surface area contributed by atoms with Gasteiger partial charge in [-0.25, -0.2) is 4.39 Å². The van der Waals surface area contributed by atoms with Crippen molar-refractivity contribution in [3.05, 3.63) is 88.2 Å². The number of ether oxygens (including phenoxy) is 1. The molecule has 0 spiro atoms. The molecule has 3 aromatic carbocycles. The second kappa shape index (κ2) is 9.41. The van der Waals surface area contributed by atoms with Crippen molar-refractivity contribution in [1.82, 2.24) is 0 Å². The van der Waals surface area contributed by atoms with Crippen molar-refractivity contribution in [1.29, 1.82) is 0 Å². The summed E-state index contributed by atoms with van der Waals surface area (Å²) in [6, 6.07) is 16.7. The Morgan fingerprint density at radius 3 is 2.47 bits per heavy atom. The molecule has 3 aromatic rings. The first-order valence-corrected chi connectivity index (χ1v) is 9.49. The van der Waals surface area contributed by atoms with E-state index in [9.17, 15) is 14.0 Å². The Labute approximate surface area is 177 Å². The molecule has 0 aliphatic heterocycles. The number of primary amides is 1. The van der Waals surface area contributed by atoms with Crippen LogP contribution >= 0.6 is 11.6 Å². The van der Waals surface area contributed by atoms with Crippen LogP contribution in [-0.4, -0.2) is 17.0 Å². The van der Waals surface area contributed by atoms with Gasteiger partial charge in [0.1, 0.15) is 18.2 Å². The van der Waals surface area contributed by atoms with Gasteiger partial charge in [-0.1, -0.05) is 48.0 Å². The van der Waals surface area contributed by atoms with E-state index < -0.39 is 17.7 Å². The summed E-state index contributed by atoms with van der Waals surface area (Å²) in [5.41, 5.74) is 7.46.